The highest BCUT2D eigenvalue weighted by Gasteiger charge is 2.16. The van der Waals surface area contributed by atoms with Crippen LogP contribution >= 0.6 is 35.3 Å². The molecule has 0 spiro atoms. The van der Waals surface area contributed by atoms with Crippen LogP contribution in [-0.2, 0) is 19.4 Å². The van der Waals surface area contributed by atoms with Gasteiger partial charge in [-0.1, -0.05) is 19.1 Å². The van der Waals surface area contributed by atoms with Crippen molar-refractivity contribution >= 4 is 41.3 Å². The number of aliphatic imine (C=N–C) groups is 1. The number of ether oxygens (including phenoxy) is 2. The van der Waals surface area contributed by atoms with Crippen molar-refractivity contribution in [3.63, 3.8) is 0 Å². The van der Waals surface area contributed by atoms with Gasteiger partial charge in [0.2, 0.25) is 0 Å². The minimum absolute atomic E-state index is 0. The summed E-state index contributed by atoms with van der Waals surface area (Å²) in [7, 11) is 1.66. The zero-order valence-electron chi connectivity index (χ0n) is 17.6. The van der Waals surface area contributed by atoms with E-state index in [1.165, 1.54) is 4.88 Å². The van der Waals surface area contributed by atoms with E-state index in [9.17, 15) is 8.78 Å². The number of hydrogen-bond donors (Lipinski definition) is 2. The highest BCUT2D eigenvalue weighted by atomic mass is 127. The summed E-state index contributed by atoms with van der Waals surface area (Å²) in [5, 5.41) is 7.43. The Bertz CT molecular complexity index is 818. The molecule has 0 fully saturated rings. The van der Waals surface area contributed by atoms with Crippen LogP contribution < -0.4 is 20.1 Å². The molecule has 6 nitrogen and oxygen atoms in total. The lowest BCUT2D eigenvalue weighted by atomic mass is 10.2. The molecule has 0 unspecified atom stereocenters. The topological polar surface area (TPSA) is 67.8 Å². The average Bonchev–Trinajstić information content (AvgIpc) is 3.05. The minimum atomic E-state index is -2.93. The molecule has 168 valence electrons. The van der Waals surface area contributed by atoms with Crippen molar-refractivity contribution in [2.75, 3.05) is 20.2 Å². The van der Waals surface area contributed by atoms with E-state index in [0.29, 0.717) is 30.4 Å². The Hall–Kier alpha value is -1.69. The Morgan fingerprint density at radius 2 is 2.03 bits per heavy atom. The van der Waals surface area contributed by atoms with Crippen molar-refractivity contribution in [2.45, 2.75) is 46.8 Å². The van der Waals surface area contributed by atoms with E-state index in [-0.39, 0.29) is 36.3 Å². The fourth-order valence-electron chi connectivity index (χ4n) is 2.80. The first-order valence-corrected chi connectivity index (χ1v) is 10.4. The number of guanidine groups is 1. The zero-order valence-corrected chi connectivity index (χ0v) is 20.8. The lowest BCUT2D eigenvalue weighted by Gasteiger charge is -2.17. The van der Waals surface area contributed by atoms with Crippen LogP contribution in [0.5, 0.6) is 11.5 Å². The van der Waals surface area contributed by atoms with Crippen LogP contribution in [0.4, 0.5) is 8.78 Å². The van der Waals surface area contributed by atoms with E-state index in [2.05, 4.69) is 34.5 Å². The van der Waals surface area contributed by atoms with Crippen LogP contribution in [0.15, 0.2) is 23.2 Å². The summed E-state index contributed by atoms with van der Waals surface area (Å²) in [6.45, 7) is 4.33. The Morgan fingerprint density at radius 3 is 2.63 bits per heavy atom. The molecule has 2 rings (SSSR count). The Kier molecular flexibility index (Phi) is 11.9. The molecule has 1 aromatic heterocycles. The third-order valence-electron chi connectivity index (χ3n) is 4.14. The monoisotopic (exact) mass is 554 g/mol. The maximum Gasteiger partial charge on any atom is 0.387 e. The van der Waals surface area contributed by atoms with Gasteiger partial charge in [-0.3, -0.25) is 4.99 Å². The van der Waals surface area contributed by atoms with Crippen molar-refractivity contribution in [2.24, 2.45) is 4.99 Å². The second kappa shape index (κ2) is 13.6. The molecule has 0 aliphatic carbocycles. The van der Waals surface area contributed by atoms with E-state index in [1.54, 1.807) is 43.5 Å². The second-order valence-corrected chi connectivity index (χ2v) is 7.41. The number of para-hydroxylation sites is 1. The van der Waals surface area contributed by atoms with Crippen LogP contribution in [-0.4, -0.2) is 37.8 Å². The van der Waals surface area contributed by atoms with Gasteiger partial charge in [0.1, 0.15) is 0 Å². The molecule has 0 radical (unpaired) electrons. The number of nitrogens with one attached hydrogen (secondary N) is 2. The molecule has 1 aromatic carbocycles. The number of halogens is 3. The maximum atomic E-state index is 12.8. The van der Waals surface area contributed by atoms with Gasteiger partial charge in [-0.2, -0.15) is 8.78 Å². The molecule has 0 saturated heterocycles. The molecule has 0 amide bonds. The molecular weight excluding hydrogens is 525 g/mol. The van der Waals surface area contributed by atoms with Gasteiger partial charge < -0.3 is 20.1 Å². The van der Waals surface area contributed by atoms with Crippen molar-refractivity contribution in [3.8, 4) is 11.5 Å². The standard InChI is InChI=1S/C20H28F2N4O2S.HI/c1-5-15-13(3)29-17(26-15)10-11-24-20(23-4)25-12-14-8-7-9-16(27-6-2)18(14)28-19(21)22;/h7-9,19H,5-6,10-12H2,1-4H3,(H2,23,24,25);1H. The quantitative estimate of drug-likeness (QED) is 0.257. The number of alkyl halides is 2. The van der Waals surface area contributed by atoms with Gasteiger partial charge in [0, 0.05) is 37.0 Å². The summed E-state index contributed by atoms with van der Waals surface area (Å²) < 4.78 is 35.8. The zero-order chi connectivity index (χ0) is 21.2. The molecule has 0 atom stereocenters. The highest BCUT2D eigenvalue weighted by molar-refractivity contribution is 14.0. The molecule has 30 heavy (non-hydrogen) atoms. The Morgan fingerprint density at radius 1 is 1.27 bits per heavy atom. The van der Waals surface area contributed by atoms with E-state index >= 15 is 0 Å². The van der Waals surface area contributed by atoms with Crippen molar-refractivity contribution in [1.82, 2.24) is 15.6 Å². The van der Waals surface area contributed by atoms with E-state index in [4.69, 9.17) is 9.47 Å². The van der Waals surface area contributed by atoms with E-state index in [1.807, 2.05) is 0 Å². The summed E-state index contributed by atoms with van der Waals surface area (Å²) in [5.74, 6) is 0.900. The number of aryl methyl sites for hydroxylation is 2. The van der Waals surface area contributed by atoms with Gasteiger partial charge in [-0.25, -0.2) is 4.98 Å². The van der Waals surface area contributed by atoms with E-state index < -0.39 is 6.61 Å². The normalized spacial score (nSPS) is 11.2. The minimum Gasteiger partial charge on any atom is -0.490 e. The van der Waals surface area contributed by atoms with Crippen LogP contribution in [0.1, 0.15) is 35.0 Å². The lowest BCUT2D eigenvalue weighted by Crippen LogP contribution is -2.38. The average molecular weight is 554 g/mol. The predicted molar refractivity (Wildman–Crippen MR) is 128 cm³/mol. The smallest absolute Gasteiger partial charge is 0.387 e. The fraction of sp³-hybridized carbons (Fsp3) is 0.500. The van der Waals surface area contributed by atoms with Gasteiger partial charge >= 0.3 is 6.61 Å². The van der Waals surface area contributed by atoms with E-state index in [0.717, 1.165) is 23.5 Å². The van der Waals surface area contributed by atoms with Crippen molar-refractivity contribution < 1.29 is 18.3 Å². The molecule has 10 heteroatoms. The molecular formula is C20H29F2IN4O2S. The van der Waals surface area contributed by atoms with Gasteiger partial charge in [0.15, 0.2) is 17.5 Å². The van der Waals surface area contributed by atoms with Crippen molar-refractivity contribution in [1.29, 1.82) is 0 Å². The lowest BCUT2D eigenvalue weighted by molar-refractivity contribution is -0.0520. The first kappa shape index (κ1) is 26.3. The molecule has 1 heterocycles. The molecule has 0 aliphatic rings. The highest BCUT2D eigenvalue weighted by Crippen LogP contribution is 2.32. The summed E-state index contributed by atoms with van der Waals surface area (Å²) in [6.07, 6.45) is 1.72. The first-order valence-electron chi connectivity index (χ1n) is 9.57. The van der Waals surface area contributed by atoms with Crippen LogP contribution in [0.2, 0.25) is 0 Å². The maximum absolute atomic E-state index is 12.8. The number of hydrogen-bond acceptors (Lipinski definition) is 5. The van der Waals surface area contributed by atoms with Crippen LogP contribution in [0.3, 0.4) is 0 Å². The Balaban J connectivity index is 0.00000450. The summed E-state index contributed by atoms with van der Waals surface area (Å²) >= 11 is 1.71. The number of thiazole rings is 1. The molecule has 2 N–H and O–H groups in total. The molecule has 0 aliphatic heterocycles. The van der Waals surface area contributed by atoms with Gasteiger partial charge in [-0.15, -0.1) is 35.3 Å². The van der Waals surface area contributed by atoms with Crippen LogP contribution in [0.25, 0.3) is 0 Å². The van der Waals surface area contributed by atoms with Crippen molar-refractivity contribution in [3.05, 3.63) is 39.3 Å². The summed E-state index contributed by atoms with van der Waals surface area (Å²) in [4.78, 5) is 10.1. The third kappa shape index (κ3) is 7.86. The number of aromatic nitrogens is 1. The van der Waals surface area contributed by atoms with Gasteiger partial charge in [0.05, 0.1) is 17.3 Å². The predicted octanol–water partition coefficient (Wildman–Crippen LogP) is 4.54. The van der Waals surface area contributed by atoms with Gasteiger partial charge in [-0.05, 0) is 26.3 Å². The SMILES string of the molecule is CCOc1cccc(CNC(=NC)NCCc2nc(CC)c(C)s2)c1OC(F)F.I. The number of benzene rings is 1. The second-order valence-electron chi connectivity index (χ2n) is 6.12. The molecule has 0 bridgehead atoms. The largest absolute Gasteiger partial charge is 0.490 e. The number of rotatable bonds is 10. The van der Waals surface area contributed by atoms with Gasteiger partial charge in [0.25, 0.3) is 0 Å². The molecule has 0 saturated carbocycles. The Labute approximate surface area is 197 Å². The van der Waals surface area contributed by atoms with Crippen LogP contribution in [0, 0.1) is 6.92 Å². The first-order chi connectivity index (χ1) is 14.0. The third-order valence-corrected chi connectivity index (χ3v) is 5.21. The molecule has 2 aromatic rings. The summed E-state index contributed by atoms with van der Waals surface area (Å²) in [5.41, 5.74) is 1.70. The number of nitrogens with zero attached hydrogens (tertiary/aromatic N) is 2. The fourth-order valence-corrected chi connectivity index (χ4v) is 3.82. The summed E-state index contributed by atoms with van der Waals surface area (Å²) in [6, 6.07) is 5.07.